The highest BCUT2D eigenvalue weighted by Gasteiger charge is 2.31. The highest BCUT2D eigenvalue weighted by Crippen LogP contribution is 2.24. The lowest BCUT2D eigenvalue weighted by atomic mass is 9.97. The number of nitrogens with zero attached hydrogens (tertiary/aromatic N) is 2. The molecule has 82 valence electrons. The molecule has 4 heteroatoms. The predicted octanol–water partition coefficient (Wildman–Crippen LogP) is 2.08. The molecule has 1 fully saturated rings. The van der Waals surface area contributed by atoms with Crippen LogP contribution in [0.15, 0.2) is 16.8 Å². The number of hydrogen-bond donors (Lipinski definition) is 0. The first-order chi connectivity index (χ1) is 7.20. The van der Waals surface area contributed by atoms with E-state index in [-0.39, 0.29) is 5.91 Å². The highest BCUT2D eigenvalue weighted by atomic mass is 16.5. The third-order valence-electron chi connectivity index (χ3n) is 3.08. The van der Waals surface area contributed by atoms with Crippen LogP contribution in [0, 0.1) is 0 Å². The molecule has 0 radical (unpaired) electrons. The Kier molecular flexibility index (Phi) is 2.75. The summed E-state index contributed by atoms with van der Waals surface area (Å²) in [6, 6.07) is 2.22. The van der Waals surface area contributed by atoms with E-state index in [0.717, 1.165) is 12.8 Å². The van der Waals surface area contributed by atoms with Gasteiger partial charge in [-0.25, -0.2) is 0 Å². The zero-order valence-corrected chi connectivity index (χ0v) is 9.14. The average Bonchev–Trinajstić information content (AvgIpc) is 2.69. The topological polar surface area (TPSA) is 46.3 Å². The zero-order chi connectivity index (χ0) is 10.8. The standard InChI is InChI=1S/C11H16N2O2/c1-8-4-3-5-9(2)13(8)11(14)10-6-7-12-15-10/h6-9H,3-5H2,1-2H3. The van der Waals surface area contributed by atoms with Gasteiger partial charge in [0.1, 0.15) is 0 Å². The van der Waals surface area contributed by atoms with Crippen LogP contribution >= 0.6 is 0 Å². The molecule has 0 N–H and O–H groups in total. The van der Waals surface area contributed by atoms with Crippen LogP contribution in [-0.4, -0.2) is 28.0 Å². The summed E-state index contributed by atoms with van der Waals surface area (Å²) in [5, 5.41) is 3.57. The van der Waals surface area contributed by atoms with E-state index < -0.39 is 0 Å². The van der Waals surface area contributed by atoms with Gasteiger partial charge in [-0.15, -0.1) is 0 Å². The van der Waals surface area contributed by atoms with Crippen molar-refractivity contribution in [2.45, 2.75) is 45.2 Å². The second kappa shape index (κ2) is 4.04. The third-order valence-corrected chi connectivity index (χ3v) is 3.08. The summed E-state index contributed by atoms with van der Waals surface area (Å²) in [5.41, 5.74) is 0. The lowest BCUT2D eigenvalue weighted by Crippen LogP contribution is -2.47. The van der Waals surface area contributed by atoms with Crippen LogP contribution in [0.25, 0.3) is 0 Å². The van der Waals surface area contributed by atoms with E-state index in [1.807, 2.05) is 4.90 Å². The molecule has 0 spiro atoms. The Labute approximate surface area is 89.2 Å². The molecule has 1 aromatic rings. The number of aromatic nitrogens is 1. The molecule has 15 heavy (non-hydrogen) atoms. The molecule has 2 atom stereocenters. The minimum absolute atomic E-state index is 0.0350. The number of carbonyl (C=O) groups excluding carboxylic acids is 1. The van der Waals surface area contributed by atoms with Crippen LogP contribution in [0.3, 0.4) is 0 Å². The van der Waals surface area contributed by atoms with Crippen LogP contribution in [0.4, 0.5) is 0 Å². The van der Waals surface area contributed by atoms with E-state index in [4.69, 9.17) is 4.52 Å². The van der Waals surface area contributed by atoms with Gasteiger partial charge in [-0.05, 0) is 33.1 Å². The summed E-state index contributed by atoms with van der Waals surface area (Å²) in [6.07, 6.45) is 4.85. The van der Waals surface area contributed by atoms with Crippen LogP contribution in [-0.2, 0) is 0 Å². The molecule has 4 nitrogen and oxygen atoms in total. The second-order valence-electron chi connectivity index (χ2n) is 4.22. The SMILES string of the molecule is CC1CCCC(C)N1C(=O)c1ccno1. The van der Waals surface area contributed by atoms with Crippen molar-refractivity contribution in [1.29, 1.82) is 0 Å². The Morgan fingerprint density at radius 2 is 2.13 bits per heavy atom. The van der Waals surface area contributed by atoms with Crippen molar-refractivity contribution in [3.05, 3.63) is 18.0 Å². The van der Waals surface area contributed by atoms with E-state index >= 15 is 0 Å². The Balaban J connectivity index is 2.17. The molecule has 2 rings (SSSR count). The first kappa shape index (κ1) is 10.2. The monoisotopic (exact) mass is 208 g/mol. The Hall–Kier alpha value is -1.32. The number of amides is 1. The number of likely N-dealkylation sites (tertiary alicyclic amines) is 1. The molecule has 0 bridgehead atoms. The number of rotatable bonds is 1. The van der Waals surface area contributed by atoms with Gasteiger partial charge in [-0.1, -0.05) is 5.16 Å². The van der Waals surface area contributed by atoms with Gasteiger partial charge in [-0.3, -0.25) is 4.79 Å². The Morgan fingerprint density at radius 3 is 2.67 bits per heavy atom. The van der Waals surface area contributed by atoms with Crippen molar-refractivity contribution in [3.8, 4) is 0 Å². The van der Waals surface area contributed by atoms with Crippen molar-refractivity contribution in [1.82, 2.24) is 10.1 Å². The smallest absolute Gasteiger partial charge is 0.292 e. The predicted molar refractivity (Wildman–Crippen MR) is 55.4 cm³/mol. The maximum atomic E-state index is 12.1. The molecule has 0 aromatic carbocycles. The van der Waals surface area contributed by atoms with Gasteiger partial charge in [-0.2, -0.15) is 0 Å². The van der Waals surface area contributed by atoms with E-state index in [9.17, 15) is 4.79 Å². The normalized spacial score (nSPS) is 26.7. The minimum Gasteiger partial charge on any atom is -0.351 e. The van der Waals surface area contributed by atoms with Gasteiger partial charge in [0.2, 0.25) is 5.76 Å². The van der Waals surface area contributed by atoms with Crippen LogP contribution in [0.1, 0.15) is 43.7 Å². The molecule has 0 aliphatic carbocycles. The summed E-state index contributed by atoms with van der Waals surface area (Å²) in [5.74, 6) is 0.308. The maximum Gasteiger partial charge on any atom is 0.292 e. The molecule has 1 aromatic heterocycles. The van der Waals surface area contributed by atoms with Crippen molar-refractivity contribution in [2.75, 3.05) is 0 Å². The summed E-state index contributed by atoms with van der Waals surface area (Å²) in [7, 11) is 0. The molecule has 1 aliphatic heterocycles. The van der Waals surface area contributed by atoms with Gasteiger partial charge in [0, 0.05) is 18.2 Å². The van der Waals surface area contributed by atoms with Gasteiger partial charge in [0.25, 0.3) is 5.91 Å². The summed E-state index contributed by atoms with van der Waals surface area (Å²) < 4.78 is 4.90. The van der Waals surface area contributed by atoms with Crippen LogP contribution in [0.5, 0.6) is 0 Å². The van der Waals surface area contributed by atoms with E-state index in [2.05, 4.69) is 19.0 Å². The summed E-state index contributed by atoms with van der Waals surface area (Å²) in [4.78, 5) is 14.0. The van der Waals surface area contributed by atoms with Gasteiger partial charge in [0.05, 0.1) is 6.20 Å². The van der Waals surface area contributed by atoms with Crippen molar-refractivity contribution < 1.29 is 9.32 Å². The molecule has 1 aliphatic rings. The van der Waals surface area contributed by atoms with Crippen LogP contribution < -0.4 is 0 Å². The van der Waals surface area contributed by atoms with Crippen molar-refractivity contribution in [2.24, 2.45) is 0 Å². The lowest BCUT2D eigenvalue weighted by molar-refractivity contribution is 0.0469. The molecule has 1 saturated heterocycles. The lowest BCUT2D eigenvalue weighted by Gasteiger charge is -2.38. The first-order valence-corrected chi connectivity index (χ1v) is 5.43. The van der Waals surface area contributed by atoms with E-state index in [0.29, 0.717) is 17.8 Å². The zero-order valence-electron chi connectivity index (χ0n) is 9.14. The fraction of sp³-hybridized carbons (Fsp3) is 0.636. The molecular weight excluding hydrogens is 192 g/mol. The third kappa shape index (κ3) is 1.89. The summed E-state index contributed by atoms with van der Waals surface area (Å²) >= 11 is 0. The van der Waals surface area contributed by atoms with Crippen molar-refractivity contribution in [3.63, 3.8) is 0 Å². The van der Waals surface area contributed by atoms with Crippen LogP contribution in [0.2, 0.25) is 0 Å². The Morgan fingerprint density at radius 1 is 1.47 bits per heavy atom. The molecular formula is C11H16N2O2. The highest BCUT2D eigenvalue weighted by molar-refractivity contribution is 5.91. The van der Waals surface area contributed by atoms with E-state index in [1.54, 1.807) is 6.07 Å². The van der Waals surface area contributed by atoms with Crippen molar-refractivity contribution >= 4 is 5.91 Å². The van der Waals surface area contributed by atoms with Gasteiger partial charge in [0.15, 0.2) is 0 Å². The quantitative estimate of drug-likeness (QED) is 0.709. The minimum atomic E-state index is -0.0350. The fourth-order valence-corrected chi connectivity index (χ4v) is 2.27. The number of hydrogen-bond acceptors (Lipinski definition) is 3. The van der Waals surface area contributed by atoms with Gasteiger partial charge >= 0.3 is 0 Å². The number of piperidine rings is 1. The molecule has 0 saturated carbocycles. The fourth-order valence-electron chi connectivity index (χ4n) is 2.27. The average molecular weight is 208 g/mol. The number of carbonyl (C=O) groups is 1. The molecule has 2 heterocycles. The molecule has 2 unspecified atom stereocenters. The van der Waals surface area contributed by atoms with E-state index in [1.165, 1.54) is 12.6 Å². The largest absolute Gasteiger partial charge is 0.351 e. The second-order valence-corrected chi connectivity index (χ2v) is 4.22. The first-order valence-electron chi connectivity index (χ1n) is 5.43. The molecule has 1 amide bonds. The summed E-state index contributed by atoms with van der Waals surface area (Å²) in [6.45, 7) is 4.17. The van der Waals surface area contributed by atoms with Gasteiger partial charge < -0.3 is 9.42 Å². The maximum absolute atomic E-state index is 12.1. The Bertz CT molecular complexity index is 324.